The highest BCUT2D eigenvalue weighted by molar-refractivity contribution is 6.32. The van der Waals surface area contributed by atoms with Crippen LogP contribution in [0.4, 0.5) is 5.69 Å². The Kier molecular flexibility index (Phi) is 8.52. The molecule has 0 saturated carbocycles. The lowest BCUT2D eigenvalue weighted by Gasteiger charge is -2.27. The zero-order valence-electron chi connectivity index (χ0n) is 21.8. The van der Waals surface area contributed by atoms with E-state index in [1.54, 1.807) is 11.1 Å². The second-order valence-electron chi connectivity index (χ2n) is 9.64. The first-order valence-electron chi connectivity index (χ1n) is 12.8. The molecule has 1 aliphatic heterocycles. The van der Waals surface area contributed by atoms with Gasteiger partial charge in [0.15, 0.2) is 0 Å². The van der Waals surface area contributed by atoms with Gasteiger partial charge in [-0.3, -0.25) is 9.69 Å². The number of morpholine rings is 1. The van der Waals surface area contributed by atoms with Gasteiger partial charge in [0, 0.05) is 43.1 Å². The molecule has 8 nitrogen and oxygen atoms in total. The Bertz CT molecular complexity index is 1530. The molecule has 2 heterocycles. The number of carbonyl (C=O) groups is 1. The van der Waals surface area contributed by atoms with E-state index in [9.17, 15) is 15.0 Å². The average molecular weight is 579 g/mol. The molecule has 5 rings (SSSR count). The first kappa shape index (κ1) is 27.9. The van der Waals surface area contributed by atoms with Crippen molar-refractivity contribution in [1.82, 2.24) is 14.9 Å². The van der Waals surface area contributed by atoms with Gasteiger partial charge in [0.05, 0.1) is 36.0 Å². The Morgan fingerprint density at radius 2 is 1.73 bits per heavy atom. The monoisotopic (exact) mass is 578 g/mol. The van der Waals surface area contributed by atoms with Gasteiger partial charge in [0.1, 0.15) is 11.5 Å². The lowest BCUT2D eigenvalue weighted by Crippen LogP contribution is -2.35. The van der Waals surface area contributed by atoms with Gasteiger partial charge in [-0.25, -0.2) is 9.97 Å². The average Bonchev–Trinajstić information content (AvgIpc) is 2.95. The number of aromatic hydroxyl groups is 2. The van der Waals surface area contributed by atoms with Crippen LogP contribution in [0, 0.1) is 6.92 Å². The van der Waals surface area contributed by atoms with Crippen molar-refractivity contribution in [1.29, 1.82) is 0 Å². The van der Waals surface area contributed by atoms with Crippen molar-refractivity contribution in [3.8, 4) is 22.8 Å². The van der Waals surface area contributed by atoms with Crippen molar-refractivity contribution >= 4 is 34.8 Å². The molecule has 4 aromatic rings. The van der Waals surface area contributed by atoms with Crippen molar-refractivity contribution in [2.45, 2.75) is 20.0 Å². The zero-order valence-corrected chi connectivity index (χ0v) is 23.4. The number of phenols is 2. The summed E-state index contributed by atoms with van der Waals surface area (Å²) < 4.78 is 5.46. The molecule has 1 fully saturated rings. The number of benzene rings is 3. The van der Waals surface area contributed by atoms with E-state index < -0.39 is 5.91 Å². The molecule has 0 unspecified atom stereocenters. The van der Waals surface area contributed by atoms with Crippen molar-refractivity contribution in [3.05, 3.63) is 99.4 Å². The molecule has 0 radical (unpaired) electrons. The van der Waals surface area contributed by atoms with Crippen LogP contribution in [0.3, 0.4) is 0 Å². The quantitative estimate of drug-likeness (QED) is 0.265. The van der Waals surface area contributed by atoms with Gasteiger partial charge in [0.2, 0.25) is 5.28 Å². The molecule has 1 saturated heterocycles. The summed E-state index contributed by atoms with van der Waals surface area (Å²) in [7, 11) is 0. The summed E-state index contributed by atoms with van der Waals surface area (Å²) in [6.45, 7) is 6.12. The topological polar surface area (TPSA) is 99.0 Å². The van der Waals surface area contributed by atoms with Crippen LogP contribution in [-0.4, -0.2) is 57.3 Å². The number of nitrogens with zero attached hydrogens (tertiary/aromatic N) is 4. The Morgan fingerprint density at radius 3 is 2.48 bits per heavy atom. The predicted octanol–water partition coefficient (Wildman–Crippen LogP) is 5.85. The molecule has 40 heavy (non-hydrogen) atoms. The molecule has 10 heteroatoms. The largest absolute Gasteiger partial charge is 0.507 e. The molecular weight excluding hydrogens is 551 g/mol. The normalized spacial score (nSPS) is 13.8. The third kappa shape index (κ3) is 6.37. The van der Waals surface area contributed by atoms with E-state index in [2.05, 4.69) is 27.0 Å². The maximum atomic E-state index is 13.9. The van der Waals surface area contributed by atoms with E-state index in [4.69, 9.17) is 27.9 Å². The number of phenolic OH excluding ortho intramolecular Hbond substituents is 2. The number of rotatable bonds is 7. The van der Waals surface area contributed by atoms with E-state index in [0.717, 1.165) is 61.2 Å². The number of halogens is 2. The van der Waals surface area contributed by atoms with Gasteiger partial charge in [-0.2, -0.15) is 0 Å². The van der Waals surface area contributed by atoms with Gasteiger partial charge in [-0.05, 0) is 53.4 Å². The number of anilines is 1. The minimum atomic E-state index is -0.466. The Labute approximate surface area is 242 Å². The van der Waals surface area contributed by atoms with Gasteiger partial charge >= 0.3 is 0 Å². The molecular formula is C30H28Cl2N4O4. The highest BCUT2D eigenvalue weighted by atomic mass is 35.5. The number of amides is 1. The molecule has 206 valence electrons. The number of hydrogen-bond acceptors (Lipinski definition) is 7. The lowest BCUT2D eigenvalue weighted by atomic mass is 10.1. The second kappa shape index (κ2) is 12.2. The van der Waals surface area contributed by atoms with Crippen molar-refractivity contribution in [2.24, 2.45) is 0 Å². The van der Waals surface area contributed by atoms with Crippen LogP contribution in [0.5, 0.6) is 11.5 Å². The van der Waals surface area contributed by atoms with Crippen molar-refractivity contribution in [2.75, 3.05) is 31.2 Å². The maximum Gasteiger partial charge on any atom is 0.262 e. The van der Waals surface area contributed by atoms with Crippen LogP contribution < -0.4 is 4.90 Å². The second-order valence-corrected chi connectivity index (χ2v) is 10.4. The smallest absolute Gasteiger partial charge is 0.262 e. The standard InChI is InChI=1S/C30H28Cl2N4O4/c1-19-16-33-30(32)34-28(19)22-5-7-23(8-6-22)36(29(39)24-14-25(31)27(38)15-26(24)37)18-21-4-2-3-20(13-21)17-35-9-11-40-12-10-35/h2-8,13-16,37-38H,9-12,17-18H2,1H3. The van der Waals surface area contributed by atoms with E-state index in [1.165, 1.54) is 6.07 Å². The summed E-state index contributed by atoms with van der Waals surface area (Å²) in [5.41, 5.74) is 5.03. The first-order valence-corrected chi connectivity index (χ1v) is 13.5. The van der Waals surface area contributed by atoms with Crippen LogP contribution in [0.25, 0.3) is 11.3 Å². The van der Waals surface area contributed by atoms with E-state index in [-0.39, 0.29) is 33.9 Å². The van der Waals surface area contributed by atoms with Crippen molar-refractivity contribution < 1.29 is 19.7 Å². The molecule has 0 spiro atoms. The molecule has 0 bridgehead atoms. The molecule has 2 N–H and O–H groups in total. The fourth-order valence-corrected chi connectivity index (χ4v) is 4.98. The summed E-state index contributed by atoms with van der Waals surface area (Å²) in [6.07, 6.45) is 1.66. The fourth-order valence-electron chi connectivity index (χ4n) is 4.69. The number of aromatic nitrogens is 2. The van der Waals surface area contributed by atoms with Crippen molar-refractivity contribution in [3.63, 3.8) is 0 Å². The highest BCUT2D eigenvalue weighted by Gasteiger charge is 2.23. The van der Waals surface area contributed by atoms with Crippen LogP contribution in [-0.2, 0) is 17.8 Å². The molecule has 1 aliphatic rings. The van der Waals surface area contributed by atoms with Crippen LogP contribution in [0.2, 0.25) is 10.3 Å². The molecule has 3 aromatic carbocycles. The summed E-state index contributed by atoms with van der Waals surface area (Å²) >= 11 is 12.1. The van der Waals surface area contributed by atoms with Crippen LogP contribution in [0.1, 0.15) is 27.0 Å². The third-order valence-electron chi connectivity index (χ3n) is 6.78. The van der Waals surface area contributed by atoms with Crippen LogP contribution in [0.15, 0.2) is 66.9 Å². The van der Waals surface area contributed by atoms with Gasteiger partial charge < -0.3 is 19.8 Å². The number of aryl methyl sites for hydroxylation is 1. The van der Waals surface area contributed by atoms with Crippen LogP contribution >= 0.6 is 23.2 Å². The number of carbonyl (C=O) groups excluding carboxylic acids is 1. The highest BCUT2D eigenvalue weighted by Crippen LogP contribution is 2.34. The van der Waals surface area contributed by atoms with E-state index >= 15 is 0 Å². The third-order valence-corrected chi connectivity index (χ3v) is 7.26. The van der Waals surface area contributed by atoms with E-state index in [0.29, 0.717) is 11.4 Å². The predicted molar refractivity (Wildman–Crippen MR) is 155 cm³/mol. The minimum absolute atomic E-state index is 0.0187. The molecule has 1 aromatic heterocycles. The van der Waals surface area contributed by atoms with Gasteiger partial charge in [-0.1, -0.05) is 48.0 Å². The Morgan fingerprint density at radius 1 is 1.00 bits per heavy atom. The fraction of sp³-hybridized carbons (Fsp3) is 0.233. The summed E-state index contributed by atoms with van der Waals surface area (Å²) in [4.78, 5) is 26.1. The molecule has 0 atom stereocenters. The first-order chi connectivity index (χ1) is 19.3. The molecule has 0 aliphatic carbocycles. The SMILES string of the molecule is Cc1cnc(Cl)nc1-c1ccc(N(Cc2cccc(CN3CCOCC3)c2)C(=O)c2cc(Cl)c(O)cc2O)cc1. The summed E-state index contributed by atoms with van der Waals surface area (Å²) in [5.74, 6) is -1.13. The lowest BCUT2D eigenvalue weighted by molar-refractivity contribution is 0.0342. The van der Waals surface area contributed by atoms with Gasteiger partial charge in [-0.15, -0.1) is 0 Å². The summed E-state index contributed by atoms with van der Waals surface area (Å²) in [5, 5.41) is 20.5. The van der Waals surface area contributed by atoms with E-state index in [1.807, 2.05) is 43.3 Å². The molecule has 1 amide bonds. The maximum absolute atomic E-state index is 13.9. The van der Waals surface area contributed by atoms with Gasteiger partial charge in [0.25, 0.3) is 5.91 Å². The minimum Gasteiger partial charge on any atom is -0.507 e. The Hall–Kier alpha value is -3.69. The zero-order chi connectivity index (χ0) is 28.2. The number of ether oxygens (including phenoxy) is 1. The summed E-state index contributed by atoms with van der Waals surface area (Å²) in [6, 6.07) is 17.8. The Balaban J connectivity index is 1.48. The number of hydrogen-bond donors (Lipinski definition) is 2.